The van der Waals surface area contributed by atoms with Crippen molar-refractivity contribution >= 4 is 11.8 Å². The van der Waals surface area contributed by atoms with Crippen molar-refractivity contribution in [2.75, 3.05) is 6.54 Å². The van der Waals surface area contributed by atoms with Gasteiger partial charge in [-0.1, -0.05) is 42.5 Å². The molecule has 1 saturated heterocycles. The van der Waals surface area contributed by atoms with Gasteiger partial charge >= 0.3 is 0 Å². The molecule has 2 aromatic carbocycles. The van der Waals surface area contributed by atoms with Gasteiger partial charge in [0.25, 0.3) is 0 Å². The molecule has 3 atom stereocenters. The van der Waals surface area contributed by atoms with Gasteiger partial charge in [-0.3, -0.25) is 9.59 Å². The van der Waals surface area contributed by atoms with Gasteiger partial charge in [-0.25, -0.2) is 4.39 Å². The number of nitrogens with one attached hydrogen (secondary N) is 1. The Morgan fingerprint density at radius 3 is 2.37 bits per heavy atom. The average molecular weight is 368 g/mol. The molecule has 0 bridgehead atoms. The lowest BCUT2D eigenvalue weighted by molar-refractivity contribution is -0.137. The number of hydrogen-bond acceptors (Lipinski definition) is 2. The van der Waals surface area contributed by atoms with E-state index < -0.39 is 0 Å². The molecule has 3 rings (SSSR count). The molecule has 2 aromatic rings. The summed E-state index contributed by atoms with van der Waals surface area (Å²) in [6.07, 6.45) is 1.38. The first kappa shape index (κ1) is 19.1. The number of piperidine rings is 1. The van der Waals surface area contributed by atoms with Gasteiger partial charge in [0.1, 0.15) is 5.82 Å². The quantitative estimate of drug-likeness (QED) is 0.887. The summed E-state index contributed by atoms with van der Waals surface area (Å²) in [5.41, 5.74) is 1.96. The van der Waals surface area contributed by atoms with Gasteiger partial charge in [0.05, 0.1) is 18.0 Å². The van der Waals surface area contributed by atoms with Crippen LogP contribution in [-0.4, -0.2) is 23.3 Å². The number of carbonyl (C=O) groups excluding carboxylic acids is 2. The van der Waals surface area contributed by atoms with Gasteiger partial charge < -0.3 is 10.2 Å². The van der Waals surface area contributed by atoms with Crippen molar-refractivity contribution in [1.29, 1.82) is 0 Å². The number of halogens is 1. The lowest BCUT2D eigenvalue weighted by Crippen LogP contribution is -2.46. The number of nitrogens with zero attached hydrogens (tertiary/aromatic N) is 1. The van der Waals surface area contributed by atoms with Crippen molar-refractivity contribution in [3.05, 3.63) is 71.5 Å². The predicted octanol–water partition coefficient (Wildman–Crippen LogP) is 4.00. The van der Waals surface area contributed by atoms with Crippen LogP contribution in [0.25, 0.3) is 0 Å². The topological polar surface area (TPSA) is 49.4 Å². The Kier molecular flexibility index (Phi) is 5.89. The summed E-state index contributed by atoms with van der Waals surface area (Å²) in [6, 6.07) is 15.9. The molecule has 1 N–H and O–H groups in total. The Morgan fingerprint density at radius 1 is 1.07 bits per heavy atom. The molecule has 1 fully saturated rings. The highest BCUT2D eigenvalue weighted by molar-refractivity contribution is 5.81. The SMILES string of the molecule is CC(=O)N1C[C@H](C(=O)N[C@@H](C)c2ccccc2)CC[C@@H]1c1ccc(F)cc1. The largest absolute Gasteiger partial charge is 0.349 e. The summed E-state index contributed by atoms with van der Waals surface area (Å²) in [5, 5.41) is 3.06. The Labute approximate surface area is 159 Å². The summed E-state index contributed by atoms with van der Waals surface area (Å²) in [4.78, 5) is 26.7. The fourth-order valence-electron chi connectivity index (χ4n) is 3.72. The second-order valence-electron chi connectivity index (χ2n) is 7.15. The fraction of sp³-hybridized carbons (Fsp3) is 0.364. The van der Waals surface area contributed by atoms with Crippen molar-refractivity contribution in [2.24, 2.45) is 5.92 Å². The minimum Gasteiger partial charge on any atom is -0.349 e. The predicted molar refractivity (Wildman–Crippen MR) is 102 cm³/mol. The van der Waals surface area contributed by atoms with Crippen LogP contribution < -0.4 is 5.32 Å². The van der Waals surface area contributed by atoms with Gasteiger partial charge in [-0.2, -0.15) is 0 Å². The molecule has 5 heteroatoms. The zero-order valence-electron chi connectivity index (χ0n) is 15.7. The van der Waals surface area contributed by atoms with Crippen molar-refractivity contribution < 1.29 is 14.0 Å². The maximum Gasteiger partial charge on any atom is 0.225 e. The molecule has 0 spiro atoms. The Morgan fingerprint density at radius 2 is 1.74 bits per heavy atom. The van der Waals surface area contributed by atoms with Crippen molar-refractivity contribution in [3.63, 3.8) is 0 Å². The van der Waals surface area contributed by atoms with Gasteiger partial charge in [0.15, 0.2) is 0 Å². The second-order valence-corrected chi connectivity index (χ2v) is 7.15. The molecule has 27 heavy (non-hydrogen) atoms. The monoisotopic (exact) mass is 368 g/mol. The number of likely N-dealkylation sites (tertiary alicyclic amines) is 1. The van der Waals surface area contributed by atoms with E-state index in [9.17, 15) is 14.0 Å². The van der Waals surface area contributed by atoms with Crippen molar-refractivity contribution in [2.45, 2.75) is 38.8 Å². The number of rotatable bonds is 4. The molecular formula is C22H25FN2O2. The van der Waals surface area contributed by atoms with E-state index in [1.165, 1.54) is 19.1 Å². The average Bonchev–Trinajstić information content (AvgIpc) is 2.68. The lowest BCUT2D eigenvalue weighted by Gasteiger charge is -2.39. The molecule has 0 aromatic heterocycles. The summed E-state index contributed by atoms with van der Waals surface area (Å²) >= 11 is 0. The van der Waals surface area contributed by atoms with E-state index in [1.54, 1.807) is 17.0 Å². The van der Waals surface area contributed by atoms with Crippen LogP contribution in [0.4, 0.5) is 4.39 Å². The lowest BCUT2D eigenvalue weighted by atomic mass is 9.88. The number of carbonyl (C=O) groups is 2. The van der Waals surface area contributed by atoms with E-state index in [-0.39, 0.29) is 35.6 Å². The zero-order valence-corrected chi connectivity index (χ0v) is 15.7. The maximum absolute atomic E-state index is 13.2. The summed E-state index contributed by atoms with van der Waals surface area (Å²) in [5.74, 6) is -0.638. The van der Waals surface area contributed by atoms with Gasteiger partial charge in [-0.15, -0.1) is 0 Å². The van der Waals surface area contributed by atoms with Crippen LogP contribution in [-0.2, 0) is 9.59 Å². The molecule has 0 aliphatic carbocycles. The Hall–Kier alpha value is -2.69. The van der Waals surface area contributed by atoms with Crippen LogP contribution in [0.2, 0.25) is 0 Å². The van der Waals surface area contributed by atoms with Crippen LogP contribution in [0, 0.1) is 11.7 Å². The molecule has 142 valence electrons. The second kappa shape index (κ2) is 8.33. The standard InChI is InChI=1S/C22H25FN2O2/c1-15(17-6-4-3-5-7-17)24-22(27)19-10-13-21(25(14-19)16(2)26)18-8-11-20(23)12-9-18/h3-9,11-12,15,19,21H,10,13-14H2,1-2H3,(H,24,27)/t15-,19+,21+/m0/s1. The van der Waals surface area contributed by atoms with E-state index in [1.807, 2.05) is 37.3 Å². The molecule has 1 aliphatic heterocycles. The van der Waals surface area contributed by atoms with Gasteiger partial charge in [0, 0.05) is 13.5 Å². The van der Waals surface area contributed by atoms with Crippen LogP contribution in [0.1, 0.15) is 49.9 Å². The van der Waals surface area contributed by atoms with E-state index in [0.29, 0.717) is 19.4 Å². The number of amides is 2. The molecule has 0 saturated carbocycles. The molecule has 1 aliphatic rings. The highest BCUT2D eigenvalue weighted by Gasteiger charge is 2.34. The first-order valence-electron chi connectivity index (χ1n) is 9.33. The van der Waals surface area contributed by atoms with Gasteiger partial charge in [0.2, 0.25) is 11.8 Å². The molecular weight excluding hydrogens is 343 g/mol. The van der Waals surface area contributed by atoms with Crippen LogP contribution in [0.5, 0.6) is 0 Å². The highest BCUT2D eigenvalue weighted by Crippen LogP contribution is 2.34. The third kappa shape index (κ3) is 4.54. The normalized spacial score (nSPS) is 20.8. The fourth-order valence-corrected chi connectivity index (χ4v) is 3.72. The number of hydrogen-bond donors (Lipinski definition) is 1. The zero-order chi connectivity index (χ0) is 19.4. The molecule has 1 heterocycles. The first-order valence-corrected chi connectivity index (χ1v) is 9.33. The molecule has 4 nitrogen and oxygen atoms in total. The summed E-state index contributed by atoms with van der Waals surface area (Å²) in [6.45, 7) is 3.86. The molecule has 0 radical (unpaired) electrons. The molecule has 0 unspecified atom stereocenters. The van der Waals surface area contributed by atoms with E-state index in [4.69, 9.17) is 0 Å². The highest BCUT2D eigenvalue weighted by atomic mass is 19.1. The van der Waals surface area contributed by atoms with Crippen LogP contribution in [0.15, 0.2) is 54.6 Å². The molecule has 2 amide bonds. The van der Waals surface area contributed by atoms with Crippen LogP contribution in [0.3, 0.4) is 0 Å². The van der Waals surface area contributed by atoms with Crippen LogP contribution >= 0.6 is 0 Å². The minimum atomic E-state index is -0.295. The Bertz CT molecular complexity index is 792. The smallest absolute Gasteiger partial charge is 0.225 e. The van der Waals surface area contributed by atoms with Gasteiger partial charge in [-0.05, 0) is 43.0 Å². The van der Waals surface area contributed by atoms with Crippen molar-refractivity contribution in [3.8, 4) is 0 Å². The van der Waals surface area contributed by atoms with E-state index in [2.05, 4.69) is 5.32 Å². The summed E-state index contributed by atoms with van der Waals surface area (Å²) < 4.78 is 13.2. The summed E-state index contributed by atoms with van der Waals surface area (Å²) in [7, 11) is 0. The van der Waals surface area contributed by atoms with E-state index in [0.717, 1.165) is 11.1 Å². The Balaban J connectivity index is 1.68. The minimum absolute atomic E-state index is 0.0323. The van der Waals surface area contributed by atoms with E-state index >= 15 is 0 Å². The first-order chi connectivity index (χ1) is 13.0. The van der Waals surface area contributed by atoms with Crippen molar-refractivity contribution in [1.82, 2.24) is 10.2 Å². The third-order valence-electron chi connectivity index (χ3n) is 5.27. The third-order valence-corrected chi connectivity index (χ3v) is 5.27. The number of benzene rings is 2. The maximum atomic E-state index is 13.2.